The van der Waals surface area contributed by atoms with Gasteiger partial charge >= 0.3 is 5.97 Å². The molecular weight excluding hydrogens is 360 g/mol. The van der Waals surface area contributed by atoms with Crippen LogP contribution in [0.3, 0.4) is 0 Å². The zero-order valence-electron chi connectivity index (χ0n) is 16.3. The summed E-state index contributed by atoms with van der Waals surface area (Å²) in [6.45, 7) is 1.03. The summed E-state index contributed by atoms with van der Waals surface area (Å²) in [4.78, 5) is 28.5. The number of esters is 1. The van der Waals surface area contributed by atoms with Crippen LogP contribution in [0.15, 0.2) is 36.4 Å². The minimum absolute atomic E-state index is 0.178. The Labute approximate surface area is 164 Å². The van der Waals surface area contributed by atoms with Gasteiger partial charge in [0.2, 0.25) is 5.88 Å². The molecule has 2 heterocycles. The predicted molar refractivity (Wildman–Crippen MR) is 104 cm³/mol. The molecule has 0 N–H and O–H groups in total. The highest BCUT2D eigenvalue weighted by Crippen LogP contribution is 2.21. The van der Waals surface area contributed by atoms with E-state index in [1.54, 1.807) is 35.2 Å². The van der Waals surface area contributed by atoms with Crippen molar-refractivity contribution in [3.63, 3.8) is 0 Å². The van der Waals surface area contributed by atoms with Crippen molar-refractivity contribution in [2.45, 2.75) is 18.9 Å². The molecule has 0 saturated carbocycles. The van der Waals surface area contributed by atoms with Crippen LogP contribution in [0.25, 0.3) is 0 Å². The van der Waals surface area contributed by atoms with Crippen LogP contribution in [0.5, 0.6) is 5.88 Å². The van der Waals surface area contributed by atoms with Crippen LogP contribution in [0, 0.1) is 0 Å². The van der Waals surface area contributed by atoms with E-state index in [4.69, 9.17) is 9.47 Å². The number of aromatic nitrogens is 2. The molecule has 148 valence electrons. The minimum Gasteiger partial charge on any atom is -0.471 e. The molecule has 1 unspecified atom stereocenters. The maximum Gasteiger partial charge on any atom is 0.338 e. The van der Waals surface area contributed by atoms with Gasteiger partial charge in [-0.05, 0) is 31.0 Å². The molecule has 0 aliphatic carbocycles. The number of carbonyl (C=O) groups is 2. The molecule has 1 aliphatic heterocycles. The summed E-state index contributed by atoms with van der Waals surface area (Å²) in [7, 11) is 5.08. The maximum atomic E-state index is 13.0. The van der Waals surface area contributed by atoms with Gasteiger partial charge in [-0.2, -0.15) is 0 Å². The van der Waals surface area contributed by atoms with Gasteiger partial charge in [-0.1, -0.05) is 12.1 Å². The van der Waals surface area contributed by atoms with Gasteiger partial charge in [0, 0.05) is 26.7 Å². The first-order chi connectivity index (χ1) is 13.5. The van der Waals surface area contributed by atoms with E-state index in [1.807, 2.05) is 25.1 Å². The average molecular weight is 384 g/mol. The third-order valence-electron chi connectivity index (χ3n) is 4.60. The van der Waals surface area contributed by atoms with E-state index in [0.717, 1.165) is 18.7 Å². The number of anilines is 1. The minimum atomic E-state index is -0.523. The Morgan fingerprint density at radius 1 is 1.11 bits per heavy atom. The molecule has 8 nitrogen and oxygen atoms in total. The summed E-state index contributed by atoms with van der Waals surface area (Å²) in [5, 5.41) is 8.20. The summed E-state index contributed by atoms with van der Waals surface area (Å²) >= 11 is 0. The topological polar surface area (TPSA) is 84.9 Å². The van der Waals surface area contributed by atoms with E-state index in [2.05, 4.69) is 10.2 Å². The van der Waals surface area contributed by atoms with Crippen LogP contribution >= 0.6 is 0 Å². The third-order valence-corrected chi connectivity index (χ3v) is 4.60. The monoisotopic (exact) mass is 384 g/mol. The van der Waals surface area contributed by atoms with Crippen molar-refractivity contribution < 1.29 is 19.1 Å². The summed E-state index contributed by atoms with van der Waals surface area (Å²) in [6, 6.07) is 10.3. The van der Waals surface area contributed by atoms with Gasteiger partial charge < -0.3 is 19.3 Å². The summed E-state index contributed by atoms with van der Waals surface area (Å²) < 4.78 is 10.7. The van der Waals surface area contributed by atoms with Gasteiger partial charge in [0.15, 0.2) is 5.82 Å². The molecule has 28 heavy (non-hydrogen) atoms. The Hall–Kier alpha value is -3.16. The first-order valence-electron chi connectivity index (χ1n) is 9.14. The number of carbonyl (C=O) groups excluding carboxylic acids is 2. The van der Waals surface area contributed by atoms with Crippen LogP contribution in [-0.2, 0) is 4.74 Å². The van der Waals surface area contributed by atoms with E-state index in [-0.39, 0.29) is 17.6 Å². The lowest BCUT2D eigenvalue weighted by Crippen LogP contribution is -2.44. The number of benzene rings is 1. The summed E-state index contributed by atoms with van der Waals surface area (Å²) in [5.41, 5.74) is 0.605. The first kappa shape index (κ1) is 19.6. The molecule has 1 aromatic heterocycles. The lowest BCUT2D eigenvalue weighted by molar-refractivity contribution is 0.0510. The summed E-state index contributed by atoms with van der Waals surface area (Å²) in [5.74, 6) is 0.445. The van der Waals surface area contributed by atoms with Crippen LogP contribution in [0.2, 0.25) is 0 Å². The molecule has 0 spiro atoms. The second kappa shape index (κ2) is 8.69. The van der Waals surface area contributed by atoms with Crippen LogP contribution in [-0.4, -0.2) is 67.4 Å². The quantitative estimate of drug-likeness (QED) is 0.729. The molecule has 3 rings (SSSR count). The fourth-order valence-electron chi connectivity index (χ4n) is 3.13. The highest BCUT2D eigenvalue weighted by molar-refractivity contribution is 6.05. The number of likely N-dealkylation sites (tertiary alicyclic amines) is 1. The number of methoxy groups -OCH3 is 1. The zero-order chi connectivity index (χ0) is 20.1. The maximum absolute atomic E-state index is 13.0. The van der Waals surface area contributed by atoms with Gasteiger partial charge in [0.1, 0.15) is 6.10 Å². The largest absolute Gasteiger partial charge is 0.471 e. The van der Waals surface area contributed by atoms with E-state index >= 15 is 0 Å². The SMILES string of the molecule is COC(=O)c1ccccc1C(=O)N1CCCC(Oc2ccc(N(C)C)nn2)C1. The predicted octanol–water partition coefficient (Wildman–Crippen LogP) is 2.01. The lowest BCUT2D eigenvalue weighted by Gasteiger charge is -2.33. The molecule has 0 bridgehead atoms. The summed E-state index contributed by atoms with van der Waals surface area (Å²) in [6.07, 6.45) is 1.45. The van der Waals surface area contributed by atoms with Crippen molar-refractivity contribution in [3.05, 3.63) is 47.5 Å². The molecule has 0 radical (unpaired) electrons. The zero-order valence-corrected chi connectivity index (χ0v) is 16.3. The average Bonchev–Trinajstić information content (AvgIpc) is 2.73. The van der Waals surface area contributed by atoms with Gasteiger partial charge in [-0.15, -0.1) is 10.2 Å². The Morgan fingerprint density at radius 3 is 2.50 bits per heavy atom. The van der Waals surface area contributed by atoms with Crippen molar-refractivity contribution in [3.8, 4) is 5.88 Å². The standard InChI is InChI=1S/C20H24N4O4/c1-23(2)17-10-11-18(22-21-17)28-14-7-6-12-24(13-14)19(25)15-8-4-5-9-16(15)20(26)27-3/h4-5,8-11,14H,6-7,12-13H2,1-3H3. The number of piperidine rings is 1. The van der Waals surface area contributed by atoms with Crippen LogP contribution in [0.1, 0.15) is 33.6 Å². The number of nitrogens with zero attached hydrogens (tertiary/aromatic N) is 4. The Bertz CT molecular complexity index is 838. The van der Waals surface area contributed by atoms with E-state index < -0.39 is 5.97 Å². The Kier molecular flexibility index (Phi) is 6.08. The molecule has 1 atom stereocenters. The molecule has 2 aromatic rings. The van der Waals surface area contributed by atoms with Gasteiger partial charge in [0.25, 0.3) is 5.91 Å². The van der Waals surface area contributed by atoms with Crippen molar-refractivity contribution in [1.82, 2.24) is 15.1 Å². The second-order valence-corrected chi connectivity index (χ2v) is 6.79. The molecular formula is C20H24N4O4. The first-order valence-corrected chi connectivity index (χ1v) is 9.14. The normalized spacial score (nSPS) is 16.4. The van der Waals surface area contributed by atoms with Crippen LogP contribution in [0.4, 0.5) is 5.82 Å². The lowest BCUT2D eigenvalue weighted by atomic mass is 10.0. The molecule has 1 amide bonds. The number of hydrogen-bond acceptors (Lipinski definition) is 7. The van der Waals surface area contributed by atoms with Crippen molar-refractivity contribution in [1.29, 1.82) is 0 Å². The Morgan fingerprint density at radius 2 is 1.86 bits per heavy atom. The number of hydrogen-bond donors (Lipinski definition) is 0. The Balaban J connectivity index is 1.69. The number of rotatable bonds is 5. The fraction of sp³-hybridized carbons (Fsp3) is 0.400. The number of amides is 1. The van der Waals surface area contributed by atoms with Crippen molar-refractivity contribution in [2.75, 3.05) is 39.2 Å². The van der Waals surface area contributed by atoms with Crippen molar-refractivity contribution in [2.24, 2.45) is 0 Å². The fourth-order valence-corrected chi connectivity index (χ4v) is 3.13. The van der Waals surface area contributed by atoms with Gasteiger partial charge in [0.05, 0.1) is 24.8 Å². The van der Waals surface area contributed by atoms with E-state index in [1.165, 1.54) is 7.11 Å². The third kappa shape index (κ3) is 4.39. The highest BCUT2D eigenvalue weighted by atomic mass is 16.5. The van der Waals surface area contributed by atoms with Crippen LogP contribution < -0.4 is 9.64 Å². The molecule has 1 aromatic carbocycles. The molecule has 1 fully saturated rings. The van der Waals surface area contributed by atoms with Gasteiger partial charge in [-0.25, -0.2) is 4.79 Å². The van der Waals surface area contributed by atoms with E-state index in [9.17, 15) is 9.59 Å². The number of ether oxygens (including phenoxy) is 2. The highest BCUT2D eigenvalue weighted by Gasteiger charge is 2.28. The van der Waals surface area contributed by atoms with Gasteiger partial charge in [-0.3, -0.25) is 4.79 Å². The smallest absolute Gasteiger partial charge is 0.338 e. The van der Waals surface area contributed by atoms with E-state index in [0.29, 0.717) is 24.5 Å². The molecule has 1 aliphatic rings. The molecule has 1 saturated heterocycles. The van der Waals surface area contributed by atoms with Crippen molar-refractivity contribution >= 4 is 17.7 Å². The molecule has 8 heteroatoms. The second-order valence-electron chi connectivity index (χ2n) is 6.79.